The van der Waals surface area contributed by atoms with Crippen LogP contribution in [-0.4, -0.2) is 19.7 Å². The van der Waals surface area contributed by atoms with Crippen molar-refractivity contribution in [1.29, 1.82) is 0 Å². The van der Waals surface area contributed by atoms with Crippen LogP contribution in [0.15, 0.2) is 42.9 Å². The molecule has 0 saturated heterocycles. The standard InChI is InChI=1S/C11H9N5/c12-10-9-6-16(8-4-2-1-3-5-8)15-11(9)14-7-13-10/h1-7H,(H2,12,13,14,15). The van der Waals surface area contributed by atoms with E-state index in [1.807, 2.05) is 36.5 Å². The minimum absolute atomic E-state index is 0.451. The number of hydrogen-bond acceptors (Lipinski definition) is 4. The van der Waals surface area contributed by atoms with Crippen molar-refractivity contribution < 1.29 is 0 Å². The minimum atomic E-state index is 0.451. The number of nitrogens with zero attached hydrogens (tertiary/aromatic N) is 4. The molecule has 1 aromatic carbocycles. The second kappa shape index (κ2) is 3.30. The smallest absolute Gasteiger partial charge is 0.186 e. The molecule has 0 amide bonds. The molecular formula is C11H9N5. The summed E-state index contributed by atoms with van der Waals surface area (Å²) < 4.78 is 1.75. The summed E-state index contributed by atoms with van der Waals surface area (Å²) in [4.78, 5) is 7.99. The maximum atomic E-state index is 5.74. The largest absolute Gasteiger partial charge is 0.383 e. The first kappa shape index (κ1) is 8.84. The lowest BCUT2D eigenvalue weighted by Crippen LogP contribution is -1.93. The van der Waals surface area contributed by atoms with Crippen LogP contribution in [0.4, 0.5) is 5.82 Å². The first-order valence-electron chi connectivity index (χ1n) is 4.86. The zero-order chi connectivity index (χ0) is 11.0. The number of nitrogen functional groups attached to an aromatic ring is 1. The molecule has 3 aromatic rings. The molecule has 2 heterocycles. The molecule has 0 aliphatic heterocycles. The van der Waals surface area contributed by atoms with Gasteiger partial charge in [-0.1, -0.05) is 18.2 Å². The zero-order valence-electron chi connectivity index (χ0n) is 8.41. The van der Waals surface area contributed by atoms with Crippen molar-refractivity contribution in [3.05, 3.63) is 42.9 Å². The summed E-state index contributed by atoms with van der Waals surface area (Å²) in [7, 11) is 0. The normalized spacial score (nSPS) is 10.8. The topological polar surface area (TPSA) is 69.6 Å². The molecule has 78 valence electrons. The molecule has 5 heteroatoms. The van der Waals surface area contributed by atoms with Gasteiger partial charge in [-0.25, -0.2) is 14.6 Å². The maximum absolute atomic E-state index is 5.74. The van der Waals surface area contributed by atoms with Crippen molar-refractivity contribution in [2.45, 2.75) is 0 Å². The van der Waals surface area contributed by atoms with Gasteiger partial charge in [-0.2, -0.15) is 0 Å². The van der Waals surface area contributed by atoms with Crippen molar-refractivity contribution in [3.8, 4) is 5.69 Å². The molecule has 16 heavy (non-hydrogen) atoms. The molecule has 2 N–H and O–H groups in total. The lowest BCUT2D eigenvalue weighted by molar-refractivity contribution is 0.889. The Labute approximate surface area is 91.6 Å². The molecule has 2 aromatic heterocycles. The van der Waals surface area contributed by atoms with Crippen LogP contribution in [-0.2, 0) is 0 Å². The van der Waals surface area contributed by atoms with E-state index in [0.717, 1.165) is 11.1 Å². The molecule has 0 bridgehead atoms. The Morgan fingerprint density at radius 3 is 2.62 bits per heavy atom. The highest BCUT2D eigenvalue weighted by atomic mass is 15.3. The number of hydrogen-bond donors (Lipinski definition) is 1. The quantitative estimate of drug-likeness (QED) is 0.660. The highest BCUT2D eigenvalue weighted by Gasteiger charge is 2.06. The molecular weight excluding hydrogens is 202 g/mol. The number of nitrogens with two attached hydrogens (primary N) is 1. The molecule has 0 fully saturated rings. The van der Waals surface area contributed by atoms with E-state index in [-0.39, 0.29) is 0 Å². The maximum Gasteiger partial charge on any atom is 0.186 e. The fraction of sp³-hybridized carbons (Fsp3) is 0. The number of anilines is 1. The Kier molecular flexibility index (Phi) is 1.83. The second-order valence-electron chi connectivity index (χ2n) is 3.41. The summed E-state index contributed by atoms with van der Waals surface area (Å²) in [6.07, 6.45) is 3.25. The average molecular weight is 211 g/mol. The van der Waals surface area contributed by atoms with Crippen molar-refractivity contribution in [3.63, 3.8) is 0 Å². The van der Waals surface area contributed by atoms with E-state index in [4.69, 9.17) is 5.73 Å². The van der Waals surface area contributed by atoms with E-state index in [1.54, 1.807) is 4.68 Å². The molecule has 0 spiro atoms. The number of aromatic nitrogens is 4. The lowest BCUT2D eigenvalue weighted by atomic mass is 10.3. The monoisotopic (exact) mass is 211 g/mol. The van der Waals surface area contributed by atoms with Crippen LogP contribution in [0.3, 0.4) is 0 Å². The van der Waals surface area contributed by atoms with Crippen molar-refractivity contribution >= 4 is 16.9 Å². The Morgan fingerprint density at radius 2 is 1.88 bits per heavy atom. The summed E-state index contributed by atoms with van der Waals surface area (Å²) in [5.41, 5.74) is 7.32. The molecule has 0 radical (unpaired) electrons. The van der Waals surface area contributed by atoms with E-state index in [0.29, 0.717) is 11.5 Å². The van der Waals surface area contributed by atoms with Crippen LogP contribution < -0.4 is 5.73 Å². The van der Waals surface area contributed by atoms with E-state index in [1.165, 1.54) is 6.33 Å². The van der Waals surface area contributed by atoms with Gasteiger partial charge in [0, 0.05) is 6.20 Å². The van der Waals surface area contributed by atoms with Crippen molar-refractivity contribution in [1.82, 2.24) is 19.7 Å². The van der Waals surface area contributed by atoms with Crippen LogP contribution in [0.2, 0.25) is 0 Å². The number of para-hydroxylation sites is 1. The Balaban J connectivity index is 2.23. The van der Waals surface area contributed by atoms with Gasteiger partial charge in [0.2, 0.25) is 0 Å². The summed E-state index contributed by atoms with van der Waals surface area (Å²) in [6, 6.07) is 9.80. The predicted molar refractivity (Wildman–Crippen MR) is 61.1 cm³/mol. The molecule has 0 aliphatic rings. The summed E-state index contributed by atoms with van der Waals surface area (Å²) in [6.45, 7) is 0. The predicted octanol–water partition coefficient (Wildman–Crippen LogP) is 1.40. The van der Waals surface area contributed by atoms with E-state index in [9.17, 15) is 0 Å². The van der Waals surface area contributed by atoms with Gasteiger partial charge in [0.1, 0.15) is 12.1 Å². The SMILES string of the molecule is Nc1ncnc2nn(-c3ccccc3)cc12. The van der Waals surface area contributed by atoms with Crippen molar-refractivity contribution in [2.24, 2.45) is 0 Å². The fourth-order valence-corrected chi connectivity index (χ4v) is 1.57. The number of rotatable bonds is 1. The Morgan fingerprint density at radius 1 is 1.06 bits per heavy atom. The summed E-state index contributed by atoms with van der Waals surface area (Å²) in [5, 5.41) is 5.10. The van der Waals surface area contributed by atoms with Gasteiger partial charge >= 0.3 is 0 Å². The second-order valence-corrected chi connectivity index (χ2v) is 3.41. The van der Waals surface area contributed by atoms with Gasteiger partial charge in [0.05, 0.1) is 11.1 Å². The first-order valence-corrected chi connectivity index (χ1v) is 4.86. The fourth-order valence-electron chi connectivity index (χ4n) is 1.57. The van der Waals surface area contributed by atoms with Crippen LogP contribution in [0.25, 0.3) is 16.7 Å². The lowest BCUT2D eigenvalue weighted by Gasteiger charge is -1.97. The molecule has 0 aliphatic carbocycles. The highest BCUT2D eigenvalue weighted by Crippen LogP contribution is 2.17. The van der Waals surface area contributed by atoms with Gasteiger partial charge in [-0.05, 0) is 12.1 Å². The van der Waals surface area contributed by atoms with Gasteiger partial charge in [0.25, 0.3) is 0 Å². The first-order chi connectivity index (χ1) is 7.84. The number of benzene rings is 1. The van der Waals surface area contributed by atoms with E-state index in [2.05, 4.69) is 15.1 Å². The molecule has 0 saturated carbocycles. The Bertz CT molecular complexity index is 629. The molecule has 3 rings (SSSR count). The van der Waals surface area contributed by atoms with E-state index >= 15 is 0 Å². The van der Waals surface area contributed by atoms with Crippen molar-refractivity contribution in [2.75, 3.05) is 5.73 Å². The zero-order valence-corrected chi connectivity index (χ0v) is 8.41. The third kappa shape index (κ3) is 1.30. The summed E-state index contributed by atoms with van der Waals surface area (Å²) in [5.74, 6) is 0.451. The van der Waals surface area contributed by atoms with Crippen LogP contribution >= 0.6 is 0 Å². The number of fused-ring (bicyclic) bond motifs is 1. The third-order valence-corrected chi connectivity index (χ3v) is 2.37. The molecule has 0 atom stereocenters. The van der Waals surface area contributed by atoms with Crippen LogP contribution in [0.1, 0.15) is 0 Å². The average Bonchev–Trinajstić information content (AvgIpc) is 2.76. The van der Waals surface area contributed by atoms with Gasteiger partial charge in [-0.15, -0.1) is 5.10 Å². The van der Waals surface area contributed by atoms with Gasteiger partial charge < -0.3 is 5.73 Å². The van der Waals surface area contributed by atoms with Crippen LogP contribution in [0, 0.1) is 0 Å². The third-order valence-electron chi connectivity index (χ3n) is 2.37. The molecule has 5 nitrogen and oxygen atoms in total. The van der Waals surface area contributed by atoms with E-state index < -0.39 is 0 Å². The van der Waals surface area contributed by atoms with Crippen LogP contribution in [0.5, 0.6) is 0 Å². The summed E-state index contributed by atoms with van der Waals surface area (Å²) >= 11 is 0. The molecule has 0 unspecified atom stereocenters. The van der Waals surface area contributed by atoms with Gasteiger partial charge in [0.15, 0.2) is 5.65 Å². The minimum Gasteiger partial charge on any atom is -0.383 e. The van der Waals surface area contributed by atoms with Gasteiger partial charge in [-0.3, -0.25) is 0 Å². The highest BCUT2D eigenvalue weighted by molar-refractivity contribution is 5.84. The Hall–Kier alpha value is -2.43.